The predicted molar refractivity (Wildman–Crippen MR) is 93.1 cm³/mol. The first kappa shape index (κ1) is 15.7. The maximum Gasteiger partial charge on any atom is 0.0541 e. The number of aryl methyl sites for hydroxylation is 1. The first-order chi connectivity index (χ1) is 10.8. The highest BCUT2D eigenvalue weighted by atomic mass is 32.1. The minimum atomic E-state index is 0.585. The number of thiophene rings is 1. The molecule has 1 unspecified atom stereocenters. The second kappa shape index (κ2) is 7.86. The Hall–Kier alpha value is -1.23. The summed E-state index contributed by atoms with van der Waals surface area (Å²) in [4.78, 5) is 8.58. The fourth-order valence-electron chi connectivity index (χ4n) is 3.01. The molecule has 22 heavy (non-hydrogen) atoms. The Balaban J connectivity index is 1.47. The molecule has 0 amide bonds. The summed E-state index contributed by atoms with van der Waals surface area (Å²) >= 11 is 1.86. The minimum absolute atomic E-state index is 0.585. The van der Waals surface area contributed by atoms with Gasteiger partial charge in [0.05, 0.1) is 5.69 Å². The van der Waals surface area contributed by atoms with E-state index in [0.29, 0.717) is 6.04 Å². The maximum absolute atomic E-state index is 4.54. The van der Waals surface area contributed by atoms with Crippen LogP contribution >= 0.6 is 11.3 Å². The van der Waals surface area contributed by atoms with E-state index in [2.05, 4.69) is 51.8 Å². The van der Waals surface area contributed by atoms with Crippen LogP contribution < -0.4 is 5.32 Å². The van der Waals surface area contributed by atoms with Crippen LogP contribution in [0.25, 0.3) is 0 Å². The molecule has 0 spiro atoms. The molecule has 3 nitrogen and oxygen atoms in total. The molecule has 3 heterocycles. The molecule has 2 aromatic heterocycles. The molecule has 2 aromatic rings. The van der Waals surface area contributed by atoms with Gasteiger partial charge in [-0.15, -0.1) is 11.3 Å². The summed E-state index contributed by atoms with van der Waals surface area (Å²) in [6.45, 7) is 6.50. The van der Waals surface area contributed by atoms with Crippen LogP contribution in [-0.2, 0) is 19.5 Å². The third kappa shape index (κ3) is 4.38. The summed E-state index contributed by atoms with van der Waals surface area (Å²) in [7, 11) is 0. The van der Waals surface area contributed by atoms with Crippen molar-refractivity contribution >= 4 is 11.3 Å². The lowest BCUT2D eigenvalue weighted by atomic mass is 10.1. The summed E-state index contributed by atoms with van der Waals surface area (Å²) < 4.78 is 0. The van der Waals surface area contributed by atoms with Crippen molar-refractivity contribution < 1.29 is 0 Å². The molecule has 1 aliphatic heterocycles. The smallest absolute Gasteiger partial charge is 0.0541 e. The van der Waals surface area contributed by atoms with Crippen molar-refractivity contribution in [1.29, 1.82) is 0 Å². The maximum atomic E-state index is 4.54. The number of rotatable bonds is 6. The van der Waals surface area contributed by atoms with E-state index < -0.39 is 0 Å². The van der Waals surface area contributed by atoms with E-state index in [-0.39, 0.29) is 0 Å². The van der Waals surface area contributed by atoms with E-state index in [1.807, 2.05) is 17.5 Å². The van der Waals surface area contributed by atoms with Gasteiger partial charge in [0, 0.05) is 36.8 Å². The van der Waals surface area contributed by atoms with Gasteiger partial charge in [0.25, 0.3) is 0 Å². The van der Waals surface area contributed by atoms with Crippen LogP contribution in [0.2, 0.25) is 0 Å². The molecule has 0 radical (unpaired) electrons. The number of aromatic nitrogens is 1. The van der Waals surface area contributed by atoms with Crippen molar-refractivity contribution in [2.24, 2.45) is 0 Å². The van der Waals surface area contributed by atoms with Crippen molar-refractivity contribution in [2.45, 2.75) is 45.3 Å². The topological polar surface area (TPSA) is 28.2 Å². The molecule has 0 saturated carbocycles. The average Bonchev–Trinajstić information content (AvgIpc) is 3.07. The van der Waals surface area contributed by atoms with E-state index in [1.54, 1.807) is 0 Å². The van der Waals surface area contributed by atoms with Gasteiger partial charge in [0.15, 0.2) is 0 Å². The molecular formula is C18H25N3S. The third-order valence-electron chi connectivity index (χ3n) is 4.33. The number of nitrogens with zero attached hydrogens (tertiary/aromatic N) is 2. The standard InChI is InChI=1S/C18H25N3S/c1-2-15-7-8-16(19-11-15)12-20-17-5-3-9-21(13-17)14-18-6-4-10-22-18/h4,6-8,10-11,17,20H,2-3,5,9,12-14H2,1H3. The highest BCUT2D eigenvalue weighted by Gasteiger charge is 2.19. The molecule has 4 heteroatoms. The summed E-state index contributed by atoms with van der Waals surface area (Å²) in [6, 6.07) is 9.31. The van der Waals surface area contributed by atoms with Crippen molar-refractivity contribution in [3.8, 4) is 0 Å². The molecule has 0 aromatic carbocycles. The second-order valence-corrected chi connectivity index (χ2v) is 7.08. The molecule has 1 atom stereocenters. The quantitative estimate of drug-likeness (QED) is 0.885. The zero-order valence-electron chi connectivity index (χ0n) is 13.3. The summed E-state index contributed by atoms with van der Waals surface area (Å²) in [6.07, 6.45) is 5.61. The van der Waals surface area contributed by atoms with Gasteiger partial charge in [-0.05, 0) is 48.9 Å². The fraction of sp³-hybridized carbons (Fsp3) is 0.500. The van der Waals surface area contributed by atoms with Crippen LogP contribution in [0.4, 0.5) is 0 Å². The van der Waals surface area contributed by atoms with Gasteiger partial charge in [-0.25, -0.2) is 0 Å². The van der Waals surface area contributed by atoms with Gasteiger partial charge >= 0.3 is 0 Å². The fourth-order valence-corrected chi connectivity index (χ4v) is 3.75. The van der Waals surface area contributed by atoms with Gasteiger partial charge in [0.2, 0.25) is 0 Å². The van der Waals surface area contributed by atoms with E-state index in [0.717, 1.165) is 31.7 Å². The van der Waals surface area contributed by atoms with Gasteiger partial charge < -0.3 is 5.32 Å². The summed E-state index contributed by atoms with van der Waals surface area (Å²) in [5.74, 6) is 0. The molecule has 1 aliphatic rings. The number of nitrogens with one attached hydrogen (secondary N) is 1. The average molecular weight is 315 g/mol. The van der Waals surface area contributed by atoms with E-state index >= 15 is 0 Å². The van der Waals surface area contributed by atoms with Crippen molar-refractivity contribution in [1.82, 2.24) is 15.2 Å². The van der Waals surface area contributed by atoms with Crippen LogP contribution in [0, 0.1) is 0 Å². The zero-order valence-corrected chi connectivity index (χ0v) is 14.1. The highest BCUT2D eigenvalue weighted by Crippen LogP contribution is 2.17. The van der Waals surface area contributed by atoms with E-state index in [9.17, 15) is 0 Å². The number of piperidine rings is 1. The lowest BCUT2D eigenvalue weighted by molar-refractivity contribution is 0.184. The van der Waals surface area contributed by atoms with E-state index in [1.165, 1.54) is 29.8 Å². The number of likely N-dealkylation sites (tertiary alicyclic amines) is 1. The lowest BCUT2D eigenvalue weighted by Gasteiger charge is -2.33. The molecule has 0 bridgehead atoms. The zero-order chi connectivity index (χ0) is 15.2. The number of pyridine rings is 1. The largest absolute Gasteiger partial charge is 0.307 e. The van der Waals surface area contributed by atoms with Crippen LogP contribution in [-0.4, -0.2) is 29.0 Å². The SMILES string of the molecule is CCc1ccc(CNC2CCCN(Cc3cccs3)C2)nc1. The van der Waals surface area contributed by atoms with Gasteiger partial charge in [-0.3, -0.25) is 9.88 Å². The highest BCUT2D eigenvalue weighted by molar-refractivity contribution is 7.09. The monoisotopic (exact) mass is 315 g/mol. The number of hydrogen-bond donors (Lipinski definition) is 1. The molecule has 1 N–H and O–H groups in total. The van der Waals surface area contributed by atoms with E-state index in [4.69, 9.17) is 0 Å². The summed E-state index contributed by atoms with van der Waals surface area (Å²) in [5, 5.41) is 5.85. The first-order valence-corrected chi connectivity index (χ1v) is 9.13. The van der Waals surface area contributed by atoms with Crippen molar-refractivity contribution in [3.63, 3.8) is 0 Å². The normalized spacial score (nSPS) is 19.4. The summed E-state index contributed by atoms with van der Waals surface area (Å²) in [5.41, 5.74) is 2.45. The molecule has 3 rings (SSSR count). The molecule has 118 valence electrons. The predicted octanol–water partition coefficient (Wildman–Crippen LogP) is 3.46. The Morgan fingerprint density at radius 3 is 3.05 bits per heavy atom. The van der Waals surface area contributed by atoms with Crippen LogP contribution in [0.5, 0.6) is 0 Å². The lowest BCUT2D eigenvalue weighted by Crippen LogP contribution is -2.44. The molecule has 1 fully saturated rings. The van der Waals surface area contributed by atoms with Gasteiger partial charge in [0.1, 0.15) is 0 Å². The molecule has 1 saturated heterocycles. The van der Waals surface area contributed by atoms with Crippen molar-refractivity contribution in [2.75, 3.05) is 13.1 Å². The Bertz CT molecular complexity index is 550. The molecule has 0 aliphatic carbocycles. The Labute approximate surface area is 137 Å². The molecular weight excluding hydrogens is 290 g/mol. The van der Waals surface area contributed by atoms with Gasteiger partial charge in [-0.2, -0.15) is 0 Å². The van der Waals surface area contributed by atoms with Gasteiger partial charge in [-0.1, -0.05) is 19.1 Å². The van der Waals surface area contributed by atoms with Crippen molar-refractivity contribution in [3.05, 3.63) is 52.0 Å². The van der Waals surface area contributed by atoms with Crippen LogP contribution in [0.3, 0.4) is 0 Å². The Kier molecular flexibility index (Phi) is 5.59. The second-order valence-electron chi connectivity index (χ2n) is 6.05. The van der Waals surface area contributed by atoms with Crippen LogP contribution in [0.1, 0.15) is 35.9 Å². The van der Waals surface area contributed by atoms with Crippen LogP contribution in [0.15, 0.2) is 35.8 Å². The minimum Gasteiger partial charge on any atom is -0.307 e. The third-order valence-corrected chi connectivity index (χ3v) is 5.19. The Morgan fingerprint density at radius 2 is 2.32 bits per heavy atom. The Morgan fingerprint density at radius 1 is 1.36 bits per heavy atom. The number of hydrogen-bond acceptors (Lipinski definition) is 4. The first-order valence-electron chi connectivity index (χ1n) is 8.25.